The van der Waals surface area contributed by atoms with Gasteiger partial charge < -0.3 is 11.1 Å². The molecule has 0 aliphatic heterocycles. The maximum atomic E-state index is 13.6. The molecule has 0 unspecified atom stereocenters. The molecule has 17 heavy (non-hydrogen) atoms. The number of rotatable bonds is 2. The molecule has 0 fully saturated rings. The van der Waals surface area contributed by atoms with E-state index in [1.807, 2.05) is 0 Å². The lowest BCUT2D eigenvalue weighted by atomic mass is 10.2. The fourth-order valence-corrected chi connectivity index (χ4v) is 1.64. The summed E-state index contributed by atoms with van der Waals surface area (Å²) in [6.07, 6.45) is 1.33. The Morgan fingerprint density at radius 3 is 2.82 bits per heavy atom. The molecule has 0 saturated carbocycles. The zero-order valence-corrected chi connectivity index (χ0v) is 10.6. The highest BCUT2D eigenvalue weighted by Gasteiger charge is 2.07. The number of hydrogen-bond acceptors (Lipinski definition) is 4. The Kier molecular flexibility index (Phi) is 3.23. The number of benzene rings is 1. The van der Waals surface area contributed by atoms with Crippen molar-refractivity contribution in [2.75, 3.05) is 11.1 Å². The highest BCUT2D eigenvalue weighted by molar-refractivity contribution is 9.10. The molecule has 88 valence electrons. The molecule has 0 radical (unpaired) electrons. The van der Waals surface area contributed by atoms with Crippen LogP contribution in [0, 0.1) is 12.7 Å². The van der Waals surface area contributed by atoms with Crippen LogP contribution < -0.4 is 11.1 Å². The zero-order chi connectivity index (χ0) is 12.4. The first kappa shape index (κ1) is 11.8. The number of halogens is 2. The van der Waals surface area contributed by atoms with Gasteiger partial charge in [-0.3, -0.25) is 0 Å². The summed E-state index contributed by atoms with van der Waals surface area (Å²) in [6.45, 7) is 1.77. The van der Waals surface area contributed by atoms with Crippen LogP contribution >= 0.6 is 15.9 Å². The van der Waals surface area contributed by atoms with Crippen molar-refractivity contribution in [2.24, 2.45) is 0 Å². The molecule has 4 nitrogen and oxygen atoms in total. The van der Waals surface area contributed by atoms with Crippen molar-refractivity contribution >= 4 is 33.3 Å². The highest BCUT2D eigenvalue weighted by atomic mass is 79.9. The Bertz CT molecular complexity index is 559. The van der Waals surface area contributed by atoms with E-state index in [-0.39, 0.29) is 5.82 Å². The van der Waals surface area contributed by atoms with Crippen LogP contribution in [0.25, 0.3) is 0 Å². The first-order valence-corrected chi connectivity index (χ1v) is 5.66. The number of aromatic nitrogens is 2. The second-order valence-corrected chi connectivity index (χ2v) is 4.40. The minimum atomic E-state index is -0.365. The van der Waals surface area contributed by atoms with Crippen LogP contribution in [0.1, 0.15) is 5.56 Å². The molecule has 2 aromatic rings. The molecule has 0 bridgehead atoms. The first-order valence-electron chi connectivity index (χ1n) is 4.87. The molecule has 0 saturated heterocycles. The monoisotopic (exact) mass is 296 g/mol. The molecule has 3 N–H and O–H groups in total. The molecule has 1 aromatic heterocycles. The Morgan fingerprint density at radius 1 is 1.35 bits per heavy atom. The van der Waals surface area contributed by atoms with Gasteiger partial charge in [0.2, 0.25) is 0 Å². The van der Waals surface area contributed by atoms with Crippen molar-refractivity contribution in [1.82, 2.24) is 9.97 Å². The maximum absolute atomic E-state index is 13.6. The Hall–Kier alpha value is -1.69. The Labute approximate surface area is 106 Å². The summed E-state index contributed by atoms with van der Waals surface area (Å²) in [6, 6.07) is 4.74. The van der Waals surface area contributed by atoms with Gasteiger partial charge in [-0.1, -0.05) is 15.9 Å². The standard InChI is InChI=1S/C11H10BrFN4/c1-6-10(14)15-5-16-11(6)17-9-3-2-7(12)4-8(9)13/h2-5H,1H3,(H3,14,15,16,17). The molecule has 6 heteroatoms. The van der Waals surface area contributed by atoms with Gasteiger partial charge in [-0.25, -0.2) is 14.4 Å². The Balaban J connectivity index is 2.35. The molecule has 1 aromatic carbocycles. The Morgan fingerprint density at radius 2 is 2.12 bits per heavy atom. The van der Waals surface area contributed by atoms with Gasteiger partial charge in [0.15, 0.2) is 0 Å². The number of nitrogens with two attached hydrogens (primary N) is 1. The molecule has 0 atom stereocenters. The van der Waals surface area contributed by atoms with Crippen molar-refractivity contribution in [3.8, 4) is 0 Å². The van der Waals surface area contributed by atoms with Gasteiger partial charge in [-0.2, -0.15) is 0 Å². The summed E-state index contributed by atoms with van der Waals surface area (Å²) in [5.74, 6) is 0.509. The van der Waals surface area contributed by atoms with Crippen LogP contribution in [0.3, 0.4) is 0 Å². The third kappa shape index (κ3) is 2.52. The number of nitrogen functional groups attached to an aromatic ring is 1. The minimum Gasteiger partial charge on any atom is -0.383 e. The zero-order valence-electron chi connectivity index (χ0n) is 9.04. The van der Waals surface area contributed by atoms with Crippen LogP contribution in [-0.2, 0) is 0 Å². The second kappa shape index (κ2) is 4.67. The van der Waals surface area contributed by atoms with E-state index in [4.69, 9.17) is 5.73 Å². The third-order valence-electron chi connectivity index (χ3n) is 2.31. The van der Waals surface area contributed by atoms with Gasteiger partial charge in [0.05, 0.1) is 5.69 Å². The lowest BCUT2D eigenvalue weighted by molar-refractivity contribution is 0.631. The highest BCUT2D eigenvalue weighted by Crippen LogP contribution is 2.24. The van der Waals surface area contributed by atoms with Gasteiger partial charge >= 0.3 is 0 Å². The van der Waals surface area contributed by atoms with Gasteiger partial charge in [-0.15, -0.1) is 0 Å². The quantitative estimate of drug-likeness (QED) is 0.894. The number of anilines is 3. The predicted octanol–water partition coefficient (Wildman–Crippen LogP) is 3.01. The van der Waals surface area contributed by atoms with E-state index in [9.17, 15) is 4.39 Å². The molecular formula is C11H10BrFN4. The van der Waals surface area contributed by atoms with Gasteiger partial charge in [0.25, 0.3) is 0 Å². The fourth-order valence-electron chi connectivity index (χ4n) is 1.31. The molecule has 0 aliphatic carbocycles. The summed E-state index contributed by atoms with van der Waals surface area (Å²) >= 11 is 3.19. The lowest BCUT2D eigenvalue weighted by Gasteiger charge is -2.10. The minimum absolute atomic E-state index is 0.342. The van der Waals surface area contributed by atoms with Gasteiger partial charge in [0.1, 0.15) is 23.8 Å². The second-order valence-electron chi connectivity index (χ2n) is 3.48. The smallest absolute Gasteiger partial charge is 0.147 e. The van der Waals surface area contributed by atoms with Crippen molar-refractivity contribution < 1.29 is 4.39 Å². The van der Waals surface area contributed by atoms with E-state index in [1.54, 1.807) is 19.1 Å². The molecule has 1 heterocycles. The molecule has 0 aliphatic rings. The van der Waals surface area contributed by atoms with E-state index in [0.717, 1.165) is 0 Å². The topological polar surface area (TPSA) is 63.8 Å². The summed E-state index contributed by atoms with van der Waals surface area (Å²) in [5.41, 5.74) is 6.68. The van der Waals surface area contributed by atoms with Crippen molar-refractivity contribution in [1.29, 1.82) is 0 Å². The van der Waals surface area contributed by atoms with Gasteiger partial charge in [0, 0.05) is 10.0 Å². The predicted molar refractivity (Wildman–Crippen MR) is 68.6 cm³/mol. The maximum Gasteiger partial charge on any atom is 0.147 e. The van der Waals surface area contributed by atoms with Crippen LogP contribution in [0.2, 0.25) is 0 Å². The average Bonchev–Trinajstić information content (AvgIpc) is 2.28. The van der Waals surface area contributed by atoms with E-state index in [0.29, 0.717) is 27.4 Å². The summed E-state index contributed by atoms with van der Waals surface area (Å²) in [5, 5.41) is 2.88. The van der Waals surface area contributed by atoms with E-state index < -0.39 is 0 Å². The van der Waals surface area contributed by atoms with Crippen molar-refractivity contribution in [3.05, 3.63) is 40.4 Å². The molecular weight excluding hydrogens is 287 g/mol. The number of nitrogens with one attached hydrogen (secondary N) is 1. The van der Waals surface area contributed by atoms with Crippen molar-refractivity contribution in [3.63, 3.8) is 0 Å². The molecule has 0 spiro atoms. The SMILES string of the molecule is Cc1c(N)ncnc1Nc1ccc(Br)cc1F. The van der Waals surface area contributed by atoms with Crippen LogP contribution in [-0.4, -0.2) is 9.97 Å². The number of hydrogen-bond donors (Lipinski definition) is 2. The van der Waals surface area contributed by atoms with Gasteiger partial charge in [-0.05, 0) is 25.1 Å². The first-order chi connectivity index (χ1) is 8.08. The largest absolute Gasteiger partial charge is 0.383 e. The van der Waals surface area contributed by atoms with Crippen LogP contribution in [0.15, 0.2) is 29.0 Å². The normalized spacial score (nSPS) is 10.3. The van der Waals surface area contributed by atoms with Crippen LogP contribution in [0.5, 0.6) is 0 Å². The van der Waals surface area contributed by atoms with Crippen molar-refractivity contribution in [2.45, 2.75) is 6.92 Å². The summed E-state index contributed by atoms with van der Waals surface area (Å²) in [7, 11) is 0. The fraction of sp³-hybridized carbons (Fsp3) is 0.0909. The molecule has 2 rings (SSSR count). The number of nitrogens with zero attached hydrogens (tertiary/aromatic N) is 2. The third-order valence-corrected chi connectivity index (χ3v) is 2.80. The molecule has 0 amide bonds. The summed E-state index contributed by atoms with van der Waals surface area (Å²) in [4.78, 5) is 7.86. The average molecular weight is 297 g/mol. The van der Waals surface area contributed by atoms with Crippen LogP contribution in [0.4, 0.5) is 21.7 Å². The van der Waals surface area contributed by atoms with E-state index in [2.05, 4.69) is 31.2 Å². The summed E-state index contributed by atoms with van der Waals surface area (Å²) < 4.78 is 14.3. The van der Waals surface area contributed by atoms with E-state index in [1.165, 1.54) is 12.4 Å². The van der Waals surface area contributed by atoms with E-state index >= 15 is 0 Å². The lowest BCUT2D eigenvalue weighted by Crippen LogP contribution is -2.03.